The van der Waals surface area contributed by atoms with Gasteiger partial charge in [-0.3, -0.25) is 4.79 Å². The Balaban J connectivity index is 1.53. The van der Waals surface area contributed by atoms with Crippen molar-refractivity contribution in [3.63, 3.8) is 0 Å². The minimum atomic E-state index is -1.79. The van der Waals surface area contributed by atoms with Gasteiger partial charge >= 0.3 is 0 Å². The van der Waals surface area contributed by atoms with E-state index in [4.69, 9.17) is 18.9 Å². The van der Waals surface area contributed by atoms with E-state index in [1.165, 1.54) is 122 Å². The Kier molecular flexibility index (Phi) is 50.1. The first-order chi connectivity index (χ1) is 41.6. The molecule has 0 saturated carbocycles. The lowest BCUT2D eigenvalue weighted by atomic mass is 9.97. The van der Waals surface area contributed by atoms with Crippen LogP contribution in [-0.4, -0.2) is 140 Å². The van der Waals surface area contributed by atoms with E-state index in [0.717, 1.165) is 83.5 Å². The molecule has 0 spiro atoms. The van der Waals surface area contributed by atoms with Crippen molar-refractivity contribution in [2.45, 2.75) is 312 Å². The quantitative estimate of drug-likeness (QED) is 0.0204. The number of aliphatic hydroxyl groups is 8. The summed E-state index contributed by atoms with van der Waals surface area (Å²) in [7, 11) is 0. The first-order valence-electron chi connectivity index (χ1n) is 33.6. The van der Waals surface area contributed by atoms with E-state index in [1.54, 1.807) is 6.08 Å². The Morgan fingerprint density at radius 2 is 0.788 bits per heavy atom. The average Bonchev–Trinajstić information content (AvgIpc) is 2.93. The van der Waals surface area contributed by atoms with Crippen LogP contribution in [0.3, 0.4) is 0 Å². The number of hydrogen-bond acceptors (Lipinski definition) is 13. The molecule has 488 valence electrons. The van der Waals surface area contributed by atoms with Crippen molar-refractivity contribution in [2.24, 2.45) is 0 Å². The summed E-state index contributed by atoms with van der Waals surface area (Å²) in [4.78, 5) is 13.2. The highest BCUT2D eigenvalue weighted by molar-refractivity contribution is 5.76. The van der Waals surface area contributed by atoms with Crippen molar-refractivity contribution >= 4 is 5.91 Å². The van der Waals surface area contributed by atoms with Crippen molar-refractivity contribution in [3.8, 4) is 0 Å². The molecular weight excluding hydrogens is 1070 g/mol. The summed E-state index contributed by atoms with van der Waals surface area (Å²) in [5, 5.41) is 86.9. The van der Waals surface area contributed by atoms with Crippen LogP contribution in [0.2, 0.25) is 0 Å². The molecule has 0 aliphatic carbocycles. The lowest BCUT2D eigenvalue weighted by Gasteiger charge is -2.46. The van der Waals surface area contributed by atoms with Gasteiger partial charge < -0.3 is 65.1 Å². The van der Waals surface area contributed by atoms with Crippen molar-refractivity contribution in [1.82, 2.24) is 5.32 Å². The Hall–Kier alpha value is -3.35. The minimum Gasteiger partial charge on any atom is -0.394 e. The maximum Gasteiger partial charge on any atom is 0.220 e. The van der Waals surface area contributed by atoms with Crippen LogP contribution < -0.4 is 5.32 Å². The molecule has 85 heavy (non-hydrogen) atoms. The molecule has 14 nitrogen and oxygen atoms in total. The molecule has 0 aromatic carbocycles. The fourth-order valence-electron chi connectivity index (χ4n) is 10.4. The number of ether oxygens (including phenoxy) is 4. The molecule has 2 aliphatic rings. The van der Waals surface area contributed by atoms with E-state index in [2.05, 4.69) is 116 Å². The molecule has 2 rings (SSSR count). The van der Waals surface area contributed by atoms with Gasteiger partial charge in [0.1, 0.15) is 48.8 Å². The Labute approximate surface area is 515 Å². The molecule has 14 heteroatoms. The SMILES string of the molecule is CC/C=C\C/C=C\C/C=C\C/C=C\C/C=C\C/C=C\CCCCCCCCCCCCCCCCCCCCCCCCC(=O)NC(COC1OC(CO)C(OC2OC(CO)C(O)C(O)C2O)C(O)C1O)C(O)/C=C/CC/C=C/CC/C=C/CC. The Bertz CT molecular complexity index is 1840. The number of amides is 1. The zero-order valence-electron chi connectivity index (χ0n) is 52.8. The molecule has 2 heterocycles. The normalized spacial score (nSPS) is 24.3. The molecule has 0 bridgehead atoms. The van der Waals surface area contributed by atoms with E-state index in [-0.39, 0.29) is 18.9 Å². The Morgan fingerprint density at radius 1 is 0.424 bits per heavy atom. The largest absolute Gasteiger partial charge is 0.394 e. The highest BCUT2D eigenvalue weighted by Crippen LogP contribution is 2.30. The lowest BCUT2D eigenvalue weighted by Crippen LogP contribution is -2.65. The van der Waals surface area contributed by atoms with Crippen LogP contribution in [0.1, 0.15) is 239 Å². The molecule has 12 unspecified atom stereocenters. The zero-order chi connectivity index (χ0) is 61.6. The summed E-state index contributed by atoms with van der Waals surface area (Å²) in [5.74, 6) is -0.256. The molecule has 0 radical (unpaired) electrons. The molecule has 2 saturated heterocycles. The predicted molar refractivity (Wildman–Crippen MR) is 345 cm³/mol. The van der Waals surface area contributed by atoms with Crippen LogP contribution in [0.4, 0.5) is 0 Å². The van der Waals surface area contributed by atoms with Gasteiger partial charge in [-0.25, -0.2) is 0 Å². The number of rotatable bonds is 53. The summed E-state index contributed by atoms with van der Waals surface area (Å²) in [6.45, 7) is 2.52. The third-order valence-electron chi connectivity index (χ3n) is 15.7. The van der Waals surface area contributed by atoms with Gasteiger partial charge in [0.25, 0.3) is 0 Å². The van der Waals surface area contributed by atoms with Gasteiger partial charge in [0.15, 0.2) is 12.6 Å². The van der Waals surface area contributed by atoms with Gasteiger partial charge in [0.2, 0.25) is 5.91 Å². The van der Waals surface area contributed by atoms with Gasteiger partial charge in [-0.1, -0.05) is 252 Å². The fourth-order valence-corrected chi connectivity index (χ4v) is 10.4. The fraction of sp³-hybridized carbons (Fsp3) is 0.732. The van der Waals surface area contributed by atoms with E-state index in [1.807, 2.05) is 6.08 Å². The van der Waals surface area contributed by atoms with Gasteiger partial charge in [-0.2, -0.15) is 0 Å². The molecule has 9 N–H and O–H groups in total. The van der Waals surface area contributed by atoms with Gasteiger partial charge in [0.05, 0.1) is 32.0 Å². The zero-order valence-corrected chi connectivity index (χ0v) is 52.8. The predicted octanol–water partition coefficient (Wildman–Crippen LogP) is 13.2. The number of nitrogens with one attached hydrogen (secondary N) is 1. The average molecular weight is 1200 g/mol. The van der Waals surface area contributed by atoms with Crippen molar-refractivity contribution in [3.05, 3.63) is 109 Å². The smallest absolute Gasteiger partial charge is 0.220 e. The summed E-state index contributed by atoms with van der Waals surface area (Å²) in [6.07, 6.45) is 62.0. The summed E-state index contributed by atoms with van der Waals surface area (Å²) in [5.41, 5.74) is 0. The minimum absolute atomic E-state index is 0.256. The number of carbonyl (C=O) groups is 1. The molecule has 0 aromatic rings. The number of hydrogen-bond donors (Lipinski definition) is 9. The molecule has 0 aromatic heterocycles. The van der Waals surface area contributed by atoms with Crippen LogP contribution in [0.25, 0.3) is 0 Å². The second-order valence-corrected chi connectivity index (χ2v) is 23.2. The topological polar surface area (TPSA) is 228 Å². The van der Waals surface area contributed by atoms with E-state index in [0.29, 0.717) is 12.8 Å². The molecular formula is C71H121NO13. The molecule has 12 atom stereocenters. The number of unbranched alkanes of at least 4 members (excludes halogenated alkanes) is 24. The lowest BCUT2D eigenvalue weighted by molar-refractivity contribution is -0.359. The van der Waals surface area contributed by atoms with Crippen LogP contribution >= 0.6 is 0 Å². The molecule has 2 aliphatic heterocycles. The third-order valence-corrected chi connectivity index (χ3v) is 15.7. The van der Waals surface area contributed by atoms with Gasteiger partial charge in [-0.05, 0) is 89.9 Å². The number of carbonyl (C=O) groups excluding carboxylic acids is 1. The maximum atomic E-state index is 13.2. The number of allylic oxidation sites excluding steroid dienone is 17. The first kappa shape index (κ1) is 77.7. The van der Waals surface area contributed by atoms with Crippen LogP contribution in [0.5, 0.6) is 0 Å². The second kappa shape index (κ2) is 54.8. The summed E-state index contributed by atoms with van der Waals surface area (Å²) in [6, 6.07) is -0.939. The van der Waals surface area contributed by atoms with E-state index in [9.17, 15) is 45.6 Å². The van der Waals surface area contributed by atoms with Gasteiger partial charge in [-0.15, -0.1) is 0 Å². The second-order valence-electron chi connectivity index (χ2n) is 23.2. The van der Waals surface area contributed by atoms with Crippen LogP contribution in [0, 0.1) is 0 Å². The maximum absolute atomic E-state index is 13.2. The summed E-state index contributed by atoms with van der Waals surface area (Å²) < 4.78 is 22.7. The van der Waals surface area contributed by atoms with Crippen LogP contribution in [-0.2, 0) is 23.7 Å². The van der Waals surface area contributed by atoms with E-state index < -0.39 is 86.8 Å². The Morgan fingerprint density at radius 3 is 1.25 bits per heavy atom. The third kappa shape index (κ3) is 39.3. The number of aliphatic hydroxyl groups excluding tert-OH is 8. The first-order valence-corrected chi connectivity index (χ1v) is 33.6. The van der Waals surface area contributed by atoms with Crippen molar-refractivity contribution in [2.75, 3.05) is 19.8 Å². The highest BCUT2D eigenvalue weighted by atomic mass is 16.7. The van der Waals surface area contributed by atoms with Gasteiger partial charge in [0, 0.05) is 6.42 Å². The van der Waals surface area contributed by atoms with Crippen molar-refractivity contribution < 1.29 is 64.6 Å². The van der Waals surface area contributed by atoms with Crippen molar-refractivity contribution in [1.29, 1.82) is 0 Å². The highest BCUT2D eigenvalue weighted by Gasteiger charge is 2.51. The van der Waals surface area contributed by atoms with Crippen LogP contribution in [0.15, 0.2) is 109 Å². The molecule has 2 fully saturated rings. The monoisotopic (exact) mass is 1200 g/mol. The molecule has 1 amide bonds. The summed E-state index contributed by atoms with van der Waals surface area (Å²) >= 11 is 0. The van der Waals surface area contributed by atoms with E-state index >= 15 is 0 Å². The standard InChI is InChI=1S/C71H121NO13/c1-3-5-7-9-11-13-15-16-17-18-19-20-21-22-23-24-25-26-27-28-29-30-31-32-33-34-35-36-37-38-39-40-41-42-43-44-45-47-49-51-53-55-63(76)72-59(60(75)54-52-50-48-46-14-12-10-8-6-4-2)58-82-70-68(81)66(79)69(62(57-74)84-70)85-71-67(80)65(78)64(77)61(56-73)83-71/h5-8,11,13-14,16-17,19-20,22-23,25-26,46,52,54,59-62,64-71,73-75,77-81H,3-4,9-10,12,15,18,21,24,27-45,47-51,53,55-58H2,1-2H3,(H,72,76)/b7-5-,8-6+,13-11-,17-16-,20-19-,23-22-,26-25-,46-14+,54-52+.